The predicted molar refractivity (Wildman–Crippen MR) is 58.4 cm³/mol. The summed E-state index contributed by atoms with van der Waals surface area (Å²) in [5, 5.41) is 3.30. The van der Waals surface area contributed by atoms with E-state index in [1.807, 2.05) is 20.8 Å². The zero-order valence-corrected chi connectivity index (χ0v) is 9.09. The van der Waals surface area contributed by atoms with E-state index in [-0.39, 0.29) is 0 Å². The first kappa shape index (κ1) is 10.9. The third-order valence-corrected chi connectivity index (χ3v) is 2.07. The molecule has 0 bridgehead atoms. The summed E-state index contributed by atoms with van der Waals surface area (Å²) in [7, 11) is 0. The molecule has 3 N–H and O–H groups in total. The monoisotopic (exact) mass is 194 g/mol. The number of anilines is 1. The van der Waals surface area contributed by atoms with E-state index in [1.165, 1.54) is 0 Å². The van der Waals surface area contributed by atoms with Gasteiger partial charge in [-0.05, 0) is 33.7 Å². The maximum Gasteiger partial charge on any atom is 0.125 e. The number of nitrogens with zero attached hydrogens (tertiary/aromatic N) is 2. The van der Waals surface area contributed by atoms with Crippen LogP contribution in [0, 0.1) is 20.8 Å². The van der Waals surface area contributed by atoms with E-state index in [0.29, 0.717) is 6.54 Å². The van der Waals surface area contributed by atoms with Gasteiger partial charge in [-0.2, -0.15) is 0 Å². The minimum Gasteiger partial charge on any atom is -0.382 e. The highest BCUT2D eigenvalue weighted by molar-refractivity contribution is 5.51. The Labute approximate surface area is 85.0 Å². The molecule has 0 aliphatic carbocycles. The number of hydrogen-bond acceptors (Lipinski definition) is 4. The fourth-order valence-electron chi connectivity index (χ4n) is 1.46. The van der Waals surface area contributed by atoms with E-state index in [2.05, 4.69) is 15.3 Å². The summed E-state index contributed by atoms with van der Waals surface area (Å²) in [5.41, 5.74) is 8.48. The number of rotatable bonds is 4. The molecule has 0 amide bonds. The van der Waals surface area contributed by atoms with Crippen molar-refractivity contribution in [2.75, 3.05) is 18.4 Å². The maximum absolute atomic E-state index is 5.42. The van der Waals surface area contributed by atoms with Gasteiger partial charge in [0.15, 0.2) is 0 Å². The molecule has 0 radical (unpaired) electrons. The lowest BCUT2D eigenvalue weighted by Crippen LogP contribution is -2.11. The van der Waals surface area contributed by atoms with Gasteiger partial charge in [-0.15, -0.1) is 0 Å². The predicted octanol–water partition coefficient (Wildman–Crippen LogP) is 1.16. The van der Waals surface area contributed by atoms with Crippen LogP contribution in [0.3, 0.4) is 0 Å². The van der Waals surface area contributed by atoms with Gasteiger partial charge in [0.25, 0.3) is 0 Å². The summed E-state index contributed by atoms with van der Waals surface area (Å²) in [5.74, 6) is 0.823. The molecular weight excluding hydrogens is 176 g/mol. The average molecular weight is 194 g/mol. The third-order valence-electron chi connectivity index (χ3n) is 2.07. The van der Waals surface area contributed by atoms with E-state index >= 15 is 0 Å². The van der Waals surface area contributed by atoms with Crippen LogP contribution >= 0.6 is 0 Å². The Balaban J connectivity index is 2.75. The second-order valence-corrected chi connectivity index (χ2v) is 3.39. The Morgan fingerprint density at radius 1 is 1.14 bits per heavy atom. The lowest BCUT2D eigenvalue weighted by atomic mass is 10.2. The summed E-state index contributed by atoms with van der Waals surface area (Å²) in [6.45, 7) is 7.48. The van der Waals surface area contributed by atoms with Crippen LogP contribution in [0.5, 0.6) is 0 Å². The van der Waals surface area contributed by atoms with Crippen LogP contribution in [0.2, 0.25) is 0 Å². The number of nitrogens with one attached hydrogen (secondary N) is 1. The van der Waals surface area contributed by atoms with E-state index < -0.39 is 0 Å². The van der Waals surface area contributed by atoms with Crippen LogP contribution < -0.4 is 11.1 Å². The van der Waals surface area contributed by atoms with Crippen molar-refractivity contribution >= 4 is 5.69 Å². The van der Waals surface area contributed by atoms with Crippen LogP contribution in [-0.4, -0.2) is 23.1 Å². The van der Waals surface area contributed by atoms with Gasteiger partial charge in [-0.1, -0.05) is 0 Å². The number of hydrogen-bond donors (Lipinski definition) is 2. The van der Waals surface area contributed by atoms with E-state index in [9.17, 15) is 0 Å². The molecule has 0 fully saturated rings. The average Bonchev–Trinajstić information content (AvgIpc) is 2.09. The smallest absolute Gasteiger partial charge is 0.125 e. The highest BCUT2D eigenvalue weighted by Gasteiger charge is 2.04. The largest absolute Gasteiger partial charge is 0.382 e. The summed E-state index contributed by atoms with van der Waals surface area (Å²) in [6, 6.07) is 0. The molecule has 1 aromatic heterocycles. The highest BCUT2D eigenvalue weighted by atomic mass is 15.0. The molecular formula is C10H18N4. The summed E-state index contributed by atoms with van der Waals surface area (Å²) in [6.07, 6.45) is 0.965. The van der Waals surface area contributed by atoms with Gasteiger partial charge in [0.1, 0.15) is 5.82 Å². The van der Waals surface area contributed by atoms with Crippen LogP contribution in [0.4, 0.5) is 5.69 Å². The molecule has 0 aliphatic rings. The van der Waals surface area contributed by atoms with E-state index in [1.54, 1.807) is 0 Å². The minimum absolute atomic E-state index is 0.706. The summed E-state index contributed by atoms with van der Waals surface area (Å²) >= 11 is 0. The van der Waals surface area contributed by atoms with Gasteiger partial charge in [0.05, 0.1) is 17.1 Å². The molecule has 0 atom stereocenters. The van der Waals surface area contributed by atoms with Crippen molar-refractivity contribution in [3.05, 3.63) is 17.2 Å². The molecule has 0 unspecified atom stereocenters. The zero-order valence-electron chi connectivity index (χ0n) is 9.09. The maximum atomic E-state index is 5.42. The number of aromatic nitrogens is 2. The van der Waals surface area contributed by atoms with E-state index in [0.717, 1.165) is 35.9 Å². The fourth-order valence-corrected chi connectivity index (χ4v) is 1.46. The fraction of sp³-hybridized carbons (Fsp3) is 0.600. The van der Waals surface area contributed by atoms with Crippen LogP contribution in [-0.2, 0) is 0 Å². The molecule has 0 spiro atoms. The summed E-state index contributed by atoms with van der Waals surface area (Å²) < 4.78 is 0. The van der Waals surface area contributed by atoms with Crippen LogP contribution in [0.25, 0.3) is 0 Å². The number of nitrogens with two attached hydrogens (primary N) is 1. The van der Waals surface area contributed by atoms with Crippen molar-refractivity contribution in [1.82, 2.24) is 9.97 Å². The van der Waals surface area contributed by atoms with Crippen molar-refractivity contribution in [3.8, 4) is 0 Å². The molecule has 0 saturated heterocycles. The Morgan fingerprint density at radius 2 is 1.71 bits per heavy atom. The number of aryl methyl sites for hydroxylation is 3. The Hall–Kier alpha value is -1.16. The molecule has 0 saturated carbocycles. The highest BCUT2D eigenvalue weighted by Crippen LogP contribution is 2.15. The molecule has 1 aromatic rings. The second kappa shape index (κ2) is 4.91. The first-order chi connectivity index (χ1) is 6.65. The third kappa shape index (κ3) is 2.67. The molecule has 0 aromatic carbocycles. The van der Waals surface area contributed by atoms with Crippen molar-refractivity contribution in [2.45, 2.75) is 27.2 Å². The molecule has 1 rings (SSSR count). The standard InChI is InChI=1S/C10H18N4/c1-7-10(12-6-4-5-11)8(2)14-9(3)13-7/h12H,4-6,11H2,1-3H3. The first-order valence-electron chi connectivity index (χ1n) is 4.91. The topological polar surface area (TPSA) is 63.8 Å². The summed E-state index contributed by atoms with van der Waals surface area (Å²) in [4.78, 5) is 8.62. The van der Waals surface area contributed by atoms with Crippen molar-refractivity contribution in [1.29, 1.82) is 0 Å². The van der Waals surface area contributed by atoms with Crippen molar-refractivity contribution < 1.29 is 0 Å². The molecule has 78 valence electrons. The van der Waals surface area contributed by atoms with Gasteiger partial charge in [0.2, 0.25) is 0 Å². The van der Waals surface area contributed by atoms with Gasteiger partial charge in [-0.25, -0.2) is 9.97 Å². The molecule has 4 heteroatoms. The Bertz CT molecular complexity index is 286. The van der Waals surface area contributed by atoms with Crippen molar-refractivity contribution in [3.63, 3.8) is 0 Å². The SMILES string of the molecule is Cc1nc(C)c(NCCCN)c(C)n1. The lowest BCUT2D eigenvalue weighted by molar-refractivity contribution is 0.865. The molecule has 1 heterocycles. The van der Waals surface area contributed by atoms with Gasteiger partial charge in [-0.3, -0.25) is 0 Å². The van der Waals surface area contributed by atoms with Crippen molar-refractivity contribution in [2.24, 2.45) is 5.73 Å². The quantitative estimate of drug-likeness (QED) is 0.706. The second-order valence-electron chi connectivity index (χ2n) is 3.39. The first-order valence-corrected chi connectivity index (χ1v) is 4.91. The zero-order chi connectivity index (χ0) is 10.6. The molecule has 0 aliphatic heterocycles. The normalized spacial score (nSPS) is 10.3. The lowest BCUT2D eigenvalue weighted by Gasteiger charge is -2.11. The van der Waals surface area contributed by atoms with Gasteiger partial charge < -0.3 is 11.1 Å². The van der Waals surface area contributed by atoms with Crippen LogP contribution in [0.15, 0.2) is 0 Å². The van der Waals surface area contributed by atoms with E-state index in [4.69, 9.17) is 5.73 Å². The van der Waals surface area contributed by atoms with Gasteiger partial charge >= 0.3 is 0 Å². The minimum atomic E-state index is 0.706. The van der Waals surface area contributed by atoms with Gasteiger partial charge in [0, 0.05) is 6.54 Å². The Morgan fingerprint density at radius 3 is 2.21 bits per heavy atom. The molecule has 4 nitrogen and oxygen atoms in total. The van der Waals surface area contributed by atoms with Crippen LogP contribution in [0.1, 0.15) is 23.6 Å². The molecule has 14 heavy (non-hydrogen) atoms. The Kier molecular flexibility index (Phi) is 3.83.